The van der Waals surface area contributed by atoms with E-state index in [0.29, 0.717) is 12.5 Å². The van der Waals surface area contributed by atoms with Gasteiger partial charge in [0.05, 0.1) is 0 Å². The molecular formula is C9H9BrF2N2O2S. The molecular weight excluding hydrogens is 318 g/mol. The Morgan fingerprint density at radius 3 is 2.47 bits per heavy atom. The summed E-state index contributed by atoms with van der Waals surface area (Å²) < 4.78 is 52.0. The Labute approximate surface area is 105 Å². The van der Waals surface area contributed by atoms with Crippen molar-refractivity contribution in [1.29, 1.82) is 0 Å². The molecule has 0 bridgehead atoms. The Bertz CT molecular complexity index is 541. The molecule has 2 atom stereocenters. The van der Waals surface area contributed by atoms with Crippen molar-refractivity contribution in [1.82, 2.24) is 4.72 Å². The van der Waals surface area contributed by atoms with E-state index in [1.54, 1.807) is 0 Å². The molecule has 0 aromatic heterocycles. The van der Waals surface area contributed by atoms with Crippen LogP contribution in [-0.4, -0.2) is 20.5 Å². The molecule has 1 aliphatic rings. The molecule has 1 aromatic rings. The summed E-state index contributed by atoms with van der Waals surface area (Å²) in [5.41, 5.74) is 5.46. The molecule has 0 spiro atoms. The molecule has 1 fully saturated rings. The third-order valence-electron chi connectivity index (χ3n) is 2.38. The standard InChI is InChI=1S/C9H9BrF2N2O2S/c10-5-1-4(11)2-6(12)9(5)17(15,16)14-8-3-7(8)13/h1-2,7-8,14H,3,13H2. The summed E-state index contributed by atoms with van der Waals surface area (Å²) in [6.45, 7) is 0. The topological polar surface area (TPSA) is 72.2 Å². The van der Waals surface area contributed by atoms with E-state index < -0.39 is 26.6 Å². The van der Waals surface area contributed by atoms with Gasteiger partial charge in [0.1, 0.15) is 16.5 Å². The molecule has 0 heterocycles. The molecule has 1 aromatic carbocycles. The van der Waals surface area contributed by atoms with Crippen molar-refractivity contribution < 1.29 is 17.2 Å². The lowest BCUT2D eigenvalue weighted by atomic mass is 10.3. The minimum Gasteiger partial charge on any atom is -0.326 e. The fraction of sp³-hybridized carbons (Fsp3) is 0.333. The second-order valence-corrected chi connectivity index (χ2v) is 6.33. The Kier molecular flexibility index (Phi) is 3.23. The molecule has 0 saturated heterocycles. The first-order chi connectivity index (χ1) is 7.81. The fourth-order valence-electron chi connectivity index (χ4n) is 1.39. The maximum Gasteiger partial charge on any atom is 0.244 e. The Morgan fingerprint density at radius 1 is 1.41 bits per heavy atom. The predicted molar refractivity (Wildman–Crippen MR) is 60.8 cm³/mol. The number of sulfonamides is 1. The summed E-state index contributed by atoms with van der Waals surface area (Å²) in [6, 6.07) is 0.791. The Balaban J connectivity index is 2.39. The van der Waals surface area contributed by atoms with Gasteiger partial charge in [0.2, 0.25) is 10.0 Å². The first-order valence-electron chi connectivity index (χ1n) is 4.74. The lowest BCUT2D eigenvalue weighted by molar-refractivity contribution is 0.540. The second-order valence-electron chi connectivity index (χ2n) is 3.83. The molecule has 1 saturated carbocycles. The van der Waals surface area contributed by atoms with Crippen LogP contribution in [0.3, 0.4) is 0 Å². The normalized spacial score (nSPS) is 23.8. The zero-order chi connectivity index (χ0) is 12.8. The molecule has 0 amide bonds. The average Bonchev–Trinajstić information content (AvgIpc) is 2.76. The van der Waals surface area contributed by atoms with E-state index in [2.05, 4.69) is 20.7 Å². The van der Waals surface area contributed by atoms with Crippen LogP contribution in [0, 0.1) is 11.6 Å². The van der Waals surface area contributed by atoms with Gasteiger partial charge in [-0.3, -0.25) is 0 Å². The minimum atomic E-state index is -4.03. The third kappa shape index (κ3) is 2.65. The van der Waals surface area contributed by atoms with Crippen LogP contribution < -0.4 is 10.5 Å². The number of benzene rings is 1. The van der Waals surface area contributed by atoms with Crippen molar-refractivity contribution >= 4 is 26.0 Å². The Hall–Kier alpha value is -0.570. The summed E-state index contributed by atoms with van der Waals surface area (Å²) in [5, 5.41) is 0. The van der Waals surface area contributed by atoms with Crippen LogP contribution >= 0.6 is 15.9 Å². The third-order valence-corrected chi connectivity index (χ3v) is 4.83. The van der Waals surface area contributed by atoms with Crippen LogP contribution in [0.2, 0.25) is 0 Å². The molecule has 2 unspecified atom stereocenters. The van der Waals surface area contributed by atoms with Crippen molar-refractivity contribution in [3.05, 3.63) is 28.2 Å². The number of nitrogens with two attached hydrogens (primary N) is 1. The highest BCUT2D eigenvalue weighted by atomic mass is 79.9. The highest BCUT2D eigenvalue weighted by Gasteiger charge is 2.38. The van der Waals surface area contributed by atoms with Gasteiger partial charge in [0, 0.05) is 22.6 Å². The van der Waals surface area contributed by atoms with E-state index in [0.717, 1.165) is 6.07 Å². The van der Waals surface area contributed by atoms with E-state index in [-0.39, 0.29) is 16.6 Å². The highest BCUT2D eigenvalue weighted by Crippen LogP contribution is 2.28. The quantitative estimate of drug-likeness (QED) is 0.873. The summed E-state index contributed by atoms with van der Waals surface area (Å²) in [4.78, 5) is -0.599. The molecule has 3 N–H and O–H groups in total. The van der Waals surface area contributed by atoms with Crippen LogP contribution in [-0.2, 0) is 10.0 Å². The zero-order valence-corrected chi connectivity index (χ0v) is 10.9. The second kappa shape index (κ2) is 4.27. The van der Waals surface area contributed by atoms with E-state index in [9.17, 15) is 17.2 Å². The SMILES string of the molecule is NC1CC1NS(=O)(=O)c1c(F)cc(F)cc1Br. The van der Waals surface area contributed by atoms with Gasteiger partial charge in [-0.15, -0.1) is 0 Å². The van der Waals surface area contributed by atoms with Gasteiger partial charge in [-0.1, -0.05) is 0 Å². The maximum atomic E-state index is 13.5. The van der Waals surface area contributed by atoms with Gasteiger partial charge >= 0.3 is 0 Å². The molecule has 0 radical (unpaired) electrons. The smallest absolute Gasteiger partial charge is 0.244 e. The van der Waals surface area contributed by atoms with Crippen molar-refractivity contribution in [2.24, 2.45) is 5.73 Å². The van der Waals surface area contributed by atoms with Crippen LogP contribution in [0.4, 0.5) is 8.78 Å². The zero-order valence-electron chi connectivity index (χ0n) is 8.45. The molecule has 8 heteroatoms. The lowest BCUT2D eigenvalue weighted by Gasteiger charge is -2.09. The van der Waals surface area contributed by atoms with E-state index >= 15 is 0 Å². The van der Waals surface area contributed by atoms with Gasteiger partial charge in [0.25, 0.3) is 0 Å². The molecule has 17 heavy (non-hydrogen) atoms. The predicted octanol–water partition coefficient (Wildman–Crippen LogP) is 1.11. The molecule has 1 aliphatic carbocycles. The van der Waals surface area contributed by atoms with Gasteiger partial charge in [-0.2, -0.15) is 0 Å². The monoisotopic (exact) mass is 326 g/mol. The molecule has 94 valence electrons. The van der Waals surface area contributed by atoms with Crippen LogP contribution in [0.1, 0.15) is 6.42 Å². The average molecular weight is 327 g/mol. The van der Waals surface area contributed by atoms with E-state index in [1.165, 1.54) is 0 Å². The first-order valence-corrected chi connectivity index (χ1v) is 7.01. The van der Waals surface area contributed by atoms with Gasteiger partial charge < -0.3 is 5.73 Å². The van der Waals surface area contributed by atoms with E-state index in [4.69, 9.17) is 5.73 Å². The highest BCUT2D eigenvalue weighted by molar-refractivity contribution is 9.10. The largest absolute Gasteiger partial charge is 0.326 e. The summed E-state index contributed by atoms with van der Waals surface area (Å²) >= 11 is 2.83. The molecule has 2 rings (SSSR count). The van der Waals surface area contributed by atoms with Crippen molar-refractivity contribution in [3.63, 3.8) is 0 Å². The van der Waals surface area contributed by atoms with Crippen LogP contribution in [0.15, 0.2) is 21.5 Å². The number of nitrogens with one attached hydrogen (secondary N) is 1. The summed E-state index contributed by atoms with van der Waals surface area (Å²) in [7, 11) is -4.03. The minimum absolute atomic E-state index is 0.156. The first kappa shape index (κ1) is 12.9. The number of hydrogen-bond acceptors (Lipinski definition) is 3. The van der Waals surface area contributed by atoms with Gasteiger partial charge in [0.15, 0.2) is 0 Å². The number of rotatable bonds is 3. The van der Waals surface area contributed by atoms with Crippen LogP contribution in [0.5, 0.6) is 0 Å². The Morgan fingerprint density at radius 2 is 2.00 bits per heavy atom. The fourth-order valence-corrected chi connectivity index (χ4v) is 3.86. The maximum absolute atomic E-state index is 13.5. The molecule has 4 nitrogen and oxygen atoms in total. The lowest BCUT2D eigenvalue weighted by Crippen LogP contribution is -2.30. The number of hydrogen-bond donors (Lipinski definition) is 2. The number of halogens is 3. The van der Waals surface area contributed by atoms with Crippen LogP contribution in [0.25, 0.3) is 0 Å². The van der Waals surface area contributed by atoms with E-state index in [1.807, 2.05) is 0 Å². The van der Waals surface area contributed by atoms with Gasteiger partial charge in [-0.05, 0) is 28.4 Å². The van der Waals surface area contributed by atoms with Gasteiger partial charge in [-0.25, -0.2) is 21.9 Å². The summed E-state index contributed by atoms with van der Waals surface area (Å²) in [6.07, 6.45) is 0.514. The summed E-state index contributed by atoms with van der Waals surface area (Å²) in [5.74, 6) is -1.99. The van der Waals surface area contributed by atoms with Crippen molar-refractivity contribution in [3.8, 4) is 0 Å². The van der Waals surface area contributed by atoms with Crippen molar-refractivity contribution in [2.75, 3.05) is 0 Å². The molecule has 0 aliphatic heterocycles. The van der Waals surface area contributed by atoms with Crippen molar-refractivity contribution in [2.45, 2.75) is 23.4 Å².